The van der Waals surface area contributed by atoms with Crippen molar-refractivity contribution in [2.45, 2.75) is 13.0 Å². The molecule has 7 heteroatoms. The summed E-state index contributed by atoms with van der Waals surface area (Å²) in [5.74, 6) is 0.365. The van der Waals surface area contributed by atoms with Gasteiger partial charge in [0, 0.05) is 13.1 Å². The van der Waals surface area contributed by atoms with Crippen molar-refractivity contribution in [3.63, 3.8) is 0 Å². The highest BCUT2D eigenvalue weighted by molar-refractivity contribution is 5.57. The number of aliphatic hydroxyl groups is 1. The highest BCUT2D eigenvalue weighted by Crippen LogP contribution is 2.23. The van der Waals surface area contributed by atoms with Gasteiger partial charge in [0.05, 0.1) is 17.6 Å². The molecule has 0 aliphatic heterocycles. The molecular formula is C9H14N4O3. The largest absolute Gasteiger partial charge is 0.394 e. The minimum absolute atomic E-state index is 0.0327. The summed E-state index contributed by atoms with van der Waals surface area (Å²) in [5, 5.41) is 19.5. The van der Waals surface area contributed by atoms with E-state index in [1.165, 1.54) is 12.1 Å². The van der Waals surface area contributed by atoms with Crippen molar-refractivity contribution in [1.82, 2.24) is 4.98 Å². The van der Waals surface area contributed by atoms with Crippen LogP contribution in [0.4, 0.5) is 17.3 Å². The molecule has 0 amide bonds. The summed E-state index contributed by atoms with van der Waals surface area (Å²) in [7, 11) is 1.73. The molecule has 7 nitrogen and oxygen atoms in total. The average molecular weight is 226 g/mol. The summed E-state index contributed by atoms with van der Waals surface area (Å²) < 4.78 is 0. The fourth-order valence-electron chi connectivity index (χ4n) is 1.16. The first-order valence-corrected chi connectivity index (χ1v) is 4.72. The quantitative estimate of drug-likeness (QED) is 0.568. The van der Waals surface area contributed by atoms with Crippen LogP contribution in [0.1, 0.15) is 6.92 Å². The monoisotopic (exact) mass is 226 g/mol. The Morgan fingerprint density at radius 3 is 2.75 bits per heavy atom. The molecule has 0 fully saturated rings. The number of hydrogen-bond donors (Lipinski definition) is 2. The van der Waals surface area contributed by atoms with E-state index in [9.17, 15) is 10.1 Å². The van der Waals surface area contributed by atoms with E-state index in [0.717, 1.165) is 0 Å². The summed E-state index contributed by atoms with van der Waals surface area (Å²) in [6.07, 6.45) is 0. The number of pyridine rings is 1. The maximum atomic E-state index is 10.5. The molecule has 1 atom stereocenters. The Morgan fingerprint density at radius 2 is 2.31 bits per heavy atom. The summed E-state index contributed by atoms with van der Waals surface area (Å²) in [6.45, 7) is 1.77. The molecular weight excluding hydrogens is 212 g/mol. The predicted molar refractivity (Wildman–Crippen MR) is 60.3 cm³/mol. The molecule has 16 heavy (non-hydrogen) atoms. The fraction of sp³-hybridized carbons (Fsp3) is 0.444. The number of nitrogen functional groups attached to an aromatic ring is 1. The van der Waals surface area contributed by atoms with Crippen LogP contribution in [0.15, 0.2) is 12.1 Å². The average Bonchev–Trinajstić information content (AvgIpc) is 2.26. The van der Waals surface area contributed by atoms with E-state index in [1.807, 2.05) is 0 Å². The van der Waals surface area contributed by atoms with E-state index >= 15 is 0 Å². The van der Waals surface area contributed by atoms with Gasteiger partial charge in [0.1, 0.15) is 5.82 Å². The molecule has 0 aromatic carbocycles. The molecule has 1 rings (SSSR count). The lowest BCUT2D eigenvalue weighted by Crippen LogP contribution is -2.32. The van der Waals surface area contributed by atoms with Crippen LogP contribution in [0.25, 0.3) is 0 Å². The number of nitrogens with zero attached hydrogens (tertiary/aromatic N) is 3. The van der Waals surface area contributed by atoms with Gasteiger partial charge in [-0.1, -0.05) is 0 Å². The van der Waals surface area contributed by atoms with E-state index in [4.69, 9.17) is 10.8 Å². The second kappa shape index (κ2) is 4.75. The van der Waals surface area contributed by atoms with E-state index < -0.39 is 4.92 Å². The van der Waals surface area contributed by atoms with Gasteiger partial charge in [-0.15, -0.1) is 0 Å². The Balaban J connectivity index is 3.01. The van der Waals surface area contributed by atoms with Gasteiger partial charge in [-0.3, -0.25) is 10.1 Å². The van der Waals surface area contributed by atoms with Crippen LogP contribution in [0.5, 0.6) is 0 Å². The molecule has 0 aliphatic rings. The van der Waals surface area contributed by atoms with Crippen molar-refractivity contribution in [1.29, 1.82) is 0 Å². The second-order valence-corrected chi connectivity index (χ2v) is 3.47. The topological polar surface area (TPSA) is 106 Å². The lowest BCUT2D eigenvalue weighted by Gasteiger charge is -2.24. The molecule has 88 valence electrons. The predicted octanol–water partition coefficient (Wildman–Crippen LogP) is 0.389. The van der Waals surface area contributed by atoms with E-state index in [2.05, 4.69) is 4.98 Å². The number of anilines is 2. The van der Waals surface area contributed by atoms with Crippen LogP contribution >= 0.6 is 0 Å². The van der Waals surface area contributed by atoms with Gasteiger partial charge in [0.2, 0.25) is 5.82 Å². The summed E-state index contributed by atoms with van der Waals surface area (Å²) in [5.41, 5.74) is 5.25. The van der Waals surface area contributed by atoms with Crippen LogP contribution in [0.3, 0.4) is 0 Å². The third-order valence-corrected chi connectivity index (χ3v) is 2.37. The number of aliphatic hydroxyl groups excluding tert-OH is 1. The molecule has 1 aromatic rings. The smallest absolute Gasteiger partial charge is 0.311 e. The molecule has 0 spiro atoms. The molecule has 1 heterocycles. The zero-order chi connectivity index (χ0) is 12.3. The van der Waals surface area contributed by atoms with Crippen LogP contribution in [-0.4, -0.2) is 34.7 Å². The van der Waals surface area contributed by atoms with Gasteiger partial charge in [-0.25, -0.2) is 4.98 Å². The highest BCUT2D eigenvalue weighted by Gasteiger charge is 2.16. The minimum Gasteiger partial charge on any atom is -0.394 e. The second-order valence-electron chi connectivity index (χ2n) is 3.47. The van der Waals surface area contributed by atoms with Crippen LogP contribution in [-0.2, 0) is 0 Å². The van der Waals surface area contributed by atoms with Crippen molar-refractivity contribution in [2.75, 3.05) is 24.3 Å². The summed E-state index contributed by atoms with van der Waals surface area (Å²) in [6, 6.07) is 2.67. The van der Waals surface area contributed by atoms with Gasteiger partial charge in [0.25, 0.3) is 0 Å². The van der Waals surface area contributed by atoms with Gasteiger partial charge in [-0.2, -0.15) is 0 Å². The first kappa shape index (κ1) is 12.2. The molecule has 0 bridgehead atoms. The van der Waals surface area contributed by atoms with Crippen LogP contribution in [0.2, 0.25) is 0 Å². The van der Waals surface area contributed by atoms with E-state index in [1.54, 1.807) is 18.9 Å². The van der Waals surface area contributed by atoms with Crippen molar-refractivity contribution in [3.05, 3.63) is 22.2 Å². The maximum absolute atomic E-state index is 10.5. The number of hydrogen-bond acceptors (Lipinski definition) is 6. The number of aromatic nitrogens is 1. The Labute approximate surface area is 92.7 Å². The minimum atomic E-state index is -0.582. The van der Waals surface area contributed by atoms with Crippen molar-refractivity contribution < 1.29 is 10.0 Å². The number of likely N-dealkylation sites (N-methyl/N-ethyl adjacent to an activating group) is 1. The van der Waals surface area contributed by atoms with Crippen LogP contribution in [0, 0.1) is 10.1 Å². The maximum Gasteiger partial charge on any atom is 0.311 e. The standard InChI is InChI=1S/C9H14N4O3/c1-6(5-14)12(2)8-4-3-7(13(15)16)9(10)11-8/h3-4,6,14H,5H2,1-2H3,(H2,10,11). The number of nitro groups is 1. The summed E-state index contributed by atoms with van der Waals surface area (Å²) in [4.78, 5) is 15.6. The van der Waals surface area contributed by atoms with Gasteiger partial charge in [0.15, 0.2) is 0 Å². The third-order valence-electron chi connectivity index (χ3n) is 2.37. The SMILES string of the molecule is CC(CO)N(C)c1ccc([N+](=O)[O-])c(N)n1. The normalized spacial score (nSPS) is 12.2. The van der Waals surface area contributed by atoms with Crippen LogP contribution < -0.4 is 10.6 Å². The summed E-state index contributed by atoms with van der Waals surface area (Å²) >= 11 is 0. The van der Waals surface area contributed by atoms with Crippen molar-refractivity contribution in [3.8, 4) is 0 Å². The zero-order valence-electron chi connectivity index (χ0n) is 9.12. The molecule has 0 saturated carbocycles. The molecule has 1 unspecified atom stereocenters. The molecule has 0 aliphatic carbocycles. The highest BCUT2D eigenvalue weighted by atomic mass is 16.6. The van der Waals surface area contributed by atoms with Gasteiger partial charge in [-0.05, 0) is 13.0 Å². The lowest BCUT2D eigenvalue weighted by atomic mass is 10.3. The van der Waals surface area contributed by atoms with Crippen molar-refractivity contribution in [2.24, 2.45) is 0 Å². The fourth-order valence-corrected chi connectivity index (χ4v) is 1.16. The van der Waals surface area contributed by atoms with E-state index in [0.29, 0.717) is 5.82 Å². The lowest BCUT2D eigenvalue weighted by molar-refractivity contribution is -0.384. The Kier molecular flexibility index (Phi) is 3.62. The Morgan fingerprint density at radius 1 is 1.69 bits per heavy atom. The Bertz CT molecular complexity index is 396. The molecule has 0 radical (unpaired) electrons. The molecule has 3 N–H and O–H groups in total. The van der Waals surface area contributed by atoms with Crippen molar-refractivity contribution >= 4 is 17.3 Å². The van der Waals surface area contributed by atoms with Gasteiger partial charge >= 0.3 is 5.69 Å². The van der Waals surface area contributed by atoms with E-state index in [-0.39, 0.29) is 24.2 Å². The zero-order valence-corrected chi connectivity index (χ0v) is 9.12. The number of nitrogens with two attached hydrogens (primary N) is 1. The third kappa shape index (κ3) is 2.37. The Hall–Kier alpha value is -1.89. The molecule has 0 saturated heterocycles. The van der Waals surface area contributed by atoms with Gasteiger partial charge < -0.3 is 15.7 Å². The number of rotatable bonds is 4. The first-order chi connectivity index (χ1) is 7.47. The first-order valence-electron chi connectivity index (χ1n) is 4.72. The molecule has 1 aromatic heterocycles.